The first-order valence-electron chi connectivity index (χ1n) is 5.33. The van der Waals surface area contributed by atoms with Crippen LogP contribution in [-0.2, 0) is 4.79 Å². The number of benzene rings is 1. The summed E-state index contributed by atoms with van der Waals surface area (Å²) in [4.78, 5) is 21.7. The Morgan fingerprint density at radius 2 is 2.17 bits per heavy atom. The van der Waals surface area contributed by atoms with Gasteiger partial charge in [0.2, 0.25) is 5.75 Å². The summed E-state index contributed by atoms with van der Waals surface area (Å²) in [6, 6.07) is 3.82. The number of hydrogen-bond acceptors (Lipinski definition) is 5. The molecule has 94 valence electrons. The molecule has 0 aliphatic heterocycles. The second kappa shape index (κ2) is 4.44. The van der Waals surface area contributed by atoms with Crippen molar-refractivity contribution in [3.05, 3.63) is 33.9 Å². The lowest BCUT2D eigenvalue weighted by molar-refractivity contribution is -0.385. The molecule has 0 aromatic heterocycles. The first-order valence-corrected chi connectivity index (χ1v) is 5.33. The second-order valence-corrected chi connectivity index (χ2v) is 4.05. The maximum absolute atomic E-state index is 11.5. The normalized spacial score (nSPS) is 14.0. The predicted octanol–water partition coefficient (Wildman–Crippen LogP) is 1.19. The van der Waals surface area contributed by atoms with Crippen LogP contribution >= 0.6 is 0 Å². The SMILES string of the molecule is N=C(N)c1ccc(OC(=O)C2CC2)c([N+](=O)[O-])c1. The van der Waals surface area contributed by atoms with Gasteiger partial charge in [-0.2, -0.15) is 0 Å². The van der Waals surface area contributed by atoms with Crippen LogP contribution in [-0.4, -0.2) is 16.7 Å². The van der Waals surface area contributed by atoms with E-state index in [-0.39, 0.29) is 28.8 Å². The monoisotopic (exact) mass is 249 g/mol. The Bertz CT molecular complexity index is 537. The summed E-state index contributed by atoms with van der Waals surface area (Å²) in [5, 5.41) is 18.1. The number of nitrogen functional groups attached to an aromatic ring is 1. The van der Waals surface area contributed by atoms with E-state index in [2.05, 4.69) is 0 Å². The van der Waals surface area contributed by atoms with E-state index < -0.39 is 10.9 Å². The molecule has 1 saturated carbocycles. The molecule has 0 saturated heterocycles. The average Bonchev–Trinajstić information content (AvgIpc) is 3.12. The number of nitro benzene ring substituents is 1. The number of esters is 1. The number of carbonyl (C=O) groups excluding carboxylic acids is 1. The van der Waals surface area contributed by atoms with Gasteiger partial charge in [0.1, 0.15) is 5.84 Å². The third kappa shape index (κ3) is 2.45. The third-order valence-electron chi connectivity index (χ3n) is 2.59. The highest BCUT2D eigenvalue weighted by Gasteiger charge is 2.33. The number of nitrogens with zero attached hydrogens (tertiary/aromatic N) is 1. The lowest BCUT2D eigenvalue weighted by Crippen LogP contribution is -2.13. The topological polar surface area (TPSA) is 119 Å². The number of ether oxygens (including phenoxy) is 1. The molecule has 1 aliphatic rings. The van der Waals surface area contributed by atoms with Gasteiger partial charge in [-0.15, -0.1) is 0 Å². The van der Waals surface area contributed by atoms with Gasteiger partial charge in [0, 0.05) is 11.6 Å². The Hall–Kier alpha value is -2.44. The van der Waals surface area contributed by atoms with E-state index in [1.165, 1.54) is 12.1 Å². The van der Waals surface area contributed by atoms with Crippen LogP contribution in [0, 0.1) is 21.4 Å². The molecule has 0 amide bonds. The molecule has 7 heteroatoms. The van der Waals surface area contributed by atoms with Crippen molar-refractivity contribution in [1.29, 1.82) is 5.41 Å². The van der Waals surface area contributed by atoms with Crippen molar-refractivity contribution in [2.45, 2.75) is 12.8 Å². The summed E-state index contributed by atoms with van der Waals surface area (Å²) in [5.41, 5.74) is 5.10. The van der Waals surface area contributed by atoms with Gasteiger partial charge in [0.25, 0.3) is 0 Å². The first-order chi connectivity index (χ1) is 8.49. The Morgan fingerprint density at radius 3 is 2.67 bits per heavy atom. The van der Waals surface area contributed by atoms with E-state index in [1.54, 1.807) is 0 Å². The van der Waals surface area contributed by atoms with Gasteiger partial charge >= 0.3 is 11.7 Å². The molecule has 1 fully saturated rings. The van der Waals surface area contributed by atoms with E-state index >= 15 is 0 Å². The number of amidine groups is 1. The van der Waals surface area contributed by atoms with Crippen molar-refractivity contribution in [3.8, 4) is 5.75 Å². The third-order valence-corrected chi connectivity index (χ3v) is 2.59. The summed E-state index contributed by atoms with van der Waals surface area (Å²) in [5.74, 6) is -0.981. The highest BCUT2D eigenvalue weighted by Crippen LogP contribution is 2.34. The summed E-state index contributed by atoms with van der Waals surface area (Å²) < 4.78 is 4.97. The number of rotatable bonds is 4. The number of nitrogens with one attached hydrogen (secondary N) is 1. The molecule has 0 bridgehead atoms. The fourth-order valence-corrected chi connectivity index (χ4v) is 1.42. The van der Waals surface area contributed by atoms with Crippen LogP contribution in [0.5, 0.6) is 5.75 Å². The molecule has 18 heavy (non-hydrogen) atoms. The van der Waals surface area contributed by atoms with Crippen LogP contribution < -0.4 is 10.5 Å². The molecule has 0 radical (unpaired) electrons. The summed E-state index contributed by atoms with van der Waals surface area (Å²) in [7, 11) is 0. The van der Waals surface area contributed by atoms with Crippen molar-refractivity contribution < 1.29 is 14.5 Å². The molecule has 7 nitrogen and oxygen atoms in total. The molecule has 1 aromatic rings. The zero-order valence-electron chi connectivity index (χ0n) is 9.38. The Kier molecular flexibility index (Phi) is 2.97. The van der Waals surface area contributed by atoms with Crippen molar-refractivity contribution >= 4 is 17.5 Å². The van der Waals surface area contributed by atoms with E-state index in [0.717, 1.165) is 18.9 Å². The van der Waals surface area contributed by atoms with Crippen molar-refractivity contribution in [2.75, 3.05) is 0 Å². The largest absolute Gasteiger partial charge is 0.419 e. The minimum Gasteiger partial charge on any atom is -0.419 e. The van der Waals surface area contributed by atoms with Crippen LogP contribution in [0.25, 0.3) is 0 Å². The molecule has 0 heterocycles. The highest BCUT2D eigenvalue weighted by molar-refractivity contribution is 5.96. The molecule has 3 N–H and O–H groups in total. The molecule has 1 aromatic carbocycles. The van der Waals surface area contributed by atoms with Gasteiger partial charge < -0.3 is 10.5 Å². The Morgan fingerprint density at radius 1 is 1.50 bits per heavy atom. The van der Waals surface area contributed by atoms with Gasteiger partial charge in [-0.3, -0.25) is 20.3 Å². The Labute approximate surface area is 102 Å². The lowest BCUT2D eigenvalue weighted by Gasteiger charge is -2.05. The number of hydrogen-bond donors (Lipinski definition) is 2. The highest BCUT2D eigenvalue weighted by atomic mass is 16.6. The average molecular weight is 249 g/mol. The lowest BCUT2D eigenvalue weighted by atomic mass is 10.1. The fourth-order valence-electron chi connectivity index (χ4n) is 1.42. The van der Waals surface area contributed by atoms with Gasteiger partial charge in [0.15, 0.2) is 0 Å². The van der Waals surface area contributed by atoms with Gasteiger partial charge in [0.05, 0.1) is 10.8 Å². The van der Waals surface area contributed by atoms with Crippen LogP contribution in [0.1, 0.15) is 18.4 Å². The number of nitrogens with two attached hydrogens (primary N) is 1. The standard InChI is InChI=1S/C11H11N3O4/c12-10(13)7-3-4-9(8(5-7)14(16)17)18-11(15)6-1-2-6/h3-6H,1-2H2,(H3,12,13). The van der Waals surface area contributed by atoms with Crippen LogP contribution in [0.2, 0.25) is 0 Å². The van der Waals surface area contributed by atoms with Crippen LogP contribution in [0.15, 0.2) is 18.2 Å². The zero-order chi connectivity index (χ0) is 13.3. The molecular weight excluding hydrogens is 238 g/mol. The van der Waals surface area contributed by atoms with E-state index in [0.29, 0.717) is 0 Å². The molecule has 2 rings (SSSR count). The predicted molar refractivity (Wildman–Crippen MR) is 62.5 cm³/mol. The maximum atomic E-state index is 11.5. The zero-order valence-corrected chi connectivity index (χ0v) is 9.38. The fraction of sp³-hybridized carbons (Fsp3) is 0.273. The molecule has 1 aliphatic carbocycles. The van der Waals surface area contributed by atoms with Crippen molar-refractivity contribution in [3.63, 3.8) is 0 Å². The van der Waals surface area contributed by atoms with E-state index in [9.17, 15) is 14.9 Å². The van der Waals surface area contributed by atoms with Gasteiger partial charge in [-0.1, -0.05) is 0 Å². The van der Waals surface area contributed by atoms with Gasteiger partial charge in [-0.05, 0) is 25.0 Å². The second-order valence-electron chi connectivity index (χ2n) is 4.05. The number of nitro groups is 1. The smallest absolute Gasteiger partial charge is 0.314 e. The van der Waals surface area contributed by atoms with Crippen molar-refractivity contribution in [2.24, 2.45) is 11.7 Å². The summed E-state index contributed by atoms with van der Waals surface area (Å²) >= 11 is 0. The minimum absolute atomic E-state index is 0.109. The molecule has 0 unspecified atom stereocenters. The van der Waals surface area contributed by atoms with E-state index in [1.807, 2.05) is 0 Å². The van der Waals surface area contributed by atoms with Crippen LogP contribution in [0.3, 0.4) is 0 Å². The summed E-state index contributed by atoms with van der Waals surface area (Å²) in [6.07, 6.45) is 1.52. The quantitative estimate of drug-likeness (QED) is 0.207. The van der Waals surface area contributed by atoms with Crippen molar-refractivity contribution in [1.82, 2.24) is 0 Å². The Balaban J connectivity index is 2.30. The number of carbonyl (C=O) groups is 1. The molecule has 0 atom stereocenters. The van der Waals surface area contributed by atoms with Crippen LogP contribution in [0.4, 0.5) is 5.69 Å². The molecular formula is C11H11N3O4. The van der Waals surface area contributed by atoms with Gasteiger partial charge in [-0.25, -0.2) is 0 Å². The molecule has 0 spiro atoms. The first kappa shape index (κ1) is 12.0. The minimum atomic E-state index is -0.665. The maximum Gasteiger partial charge on any atom is 0.314 e. The summed E-state index contributed by atoms with van der Waals surface area (Å²) in [6.45, 7) is 0. The van der Waals surface area contributed by atoms with E-state index in [4.69, 9.17) is 15.9 Å².